The van der Waals surface area contributed by atoms with Gasteiger partial charge in [0.1, 0.15) is 11.2 Å². The summed E-state index contributed by atoms with van der Waals surface area (Å²) >= 11 is 7.12. The molecule has 0 saturated heterocycles. The lowest BCUT2D eigenvalue weighted by molar-refractivity contribution is -0.385. The van der Waals surface area contributed by atoms with Crippen LogP contribution in [0.25, 0.3) is 0 Å². The molecule has 1 heterocycles. The van der Waals surface area contributed by atoms with Crippen LogP contribution in [0.4, 0.5) is 5.69 Å². The Balaban J connectivity index is 2.21. The summed E-state index contributed by atoms with van der Waals surface area (Å²) in [5.41, 5.74) is -0.00215. The molecular weight excluding hydrogens is 304 g/mol. The predicted octanol–water partition coefficient (Wildman–Crippen LogP) is 3.49. The third kappa shape index (κ3) is 3.25. The van der Waals surface area contributed by atoms with Crippen LogP contribution in [0.5, 0.6) is 0 Å². The van der Waals surface area contributed by atoms with E-state index in [0.717, 1.165) is 11.1 Å². The van der Waals surface area contributed by atoms with E-state index < -0.39 is 10.9 Å². The largest absolute Gasteiger partial charge is 0.478 e. The third-order valence-corrected chi connectivity index (χ3v) is 3.75. The Hall–Kier alpha value is -2.12. The van der Waals surface area contributed by atoms with Gasteiger partial charge in [-0.05, 0) is 24.3 Å². The molecule has 102 valence electrons. The van der Waals surface area contributed by atoms with Gasteiger partial charge in [-0.2, -0.15) is 0 Å². The minimum atomic E-state index is -1.01. The van der Waals surface area contributed by atoms with E-state index in [1.807, 2.05) is 0 Å². The van der Waals surface area contributed by atoms with Gasteiger partial charge in [0.2, 0.25) is 0 Å². The van der Waals surface area contributed by atoms with Crippen LogP contribution in [0.3, 0.4) is 0 Å². The number of aromatic carboxylic acids is 1. The fourth-order valence-corrected chi connectivity index (χ4v) is 2.40. The number of carboxylic acids is 1. The number of benzene rings is 1. The molecule has 0 bridgehead atoms. The van der Waals surface area contributed by atoms with Crippen molar-refractivity contribution in [2.75, 3.05) is 0 Å². The number of nitro groups is 1. The molecule has 2 rings (SSSR count). The molecule has 1 aromatic heterocycles. The standard InChI is InChI=1S/C12H7ClN2O4S/c13-10-5-8(15(18)19)6-14-11(10)20-9-3-1-7(2-4-9)12(16)17/h1-6H,(H,16,17). The lowest BCUT2D eigenvalue weighted by Crippen LogP contribution is -1.95. The molecule has 0 fully saturated rings. The zero-order valence-electron chi connectivity index (χ0n) is 9.82. The number of halogens is 1. The smallest absolute Gasteiger partial charge is 0.335 e. The van der Waals surface area contributed by atoms with Crippen molar-refractivity contribution in [3.8, 4) is 0 Å². The predicted molar refractivity (Wildman–Crippen MR) is 73.4 cm³/mol. The first-order chi connectivity index (χ1) is 9.47. The maximum atomic E-state index is 10.7. The van der Waals surface area contributed by atoms with Gasteiger partial charge in [0, 0.05) is 11.0 Å². The van der Waals surface area contributed by atoms with E-state index in [0.29, 0.717) is 5.03 Å². The van der Waals surface area contributed by atoms with Gasteiger partial charge >= 0.3 is 5.97 Å². The summed E-state index contributed by atoms with van der Waals surface area (Å²) in [5, 5.41) is 19.9. The molecule has 1 aromatic carbocycles. The maximum Gasteiger partial charge on any atom is 0.335 e. The van der Waals surface area contributed by atoms with E-state index in [4.69, 9.17) is 16.7 Å². The Morgan fingerprint density at radius 1 is 1.35 bits per heavy atom. The number of nitrogens with zero attached hydrogens (tertiary/aromatic N) is 2. The maximum absolute atomic E-state index is 10.7. The minimum absolute atomic E-state index is 0.173. The van der Waals surface area contributed by atoms with Gasteiger partial charge in [0.25, 0.3) is 5.69 Å². The molecule has 0 unspecified atom stereocenters. The van der Waals surface area contributed by atoms with E-state index in [9.17, 15) is 14.9 Å². The zero-order chi connectivity index (χ0) is 14.7. The number of pyridine rings is 1. The lowest BCUT2D eigenvalue weighted by Gasteiger charge is -2.03. The monoisotopic (exact) mass is 310 g/mol. The SMILES string of the molecule is O=C(O)c1ccc(Sc2ncc([N+](=O)[O-])cc2Cl)cc1. The second-order valence-corrected chi connectivity index (χ2v) is 5.14. The second kappa shape index (κ2) is 5.89. The Kier molecular flexibility index (Phi) is 4.21. The Labute approximate surface area is 122 Å². The van der Waals surface area contributed by atoms with Crippen molar-refractivity contribution >= 4 is 35.0 Å². The molecule has 2 aromatic rings. The van der Waals surface area contributed by atoms with Crippen LogP contribution in [0.15, 0.2) is 46.5 Å². The van der Waals surface area contributed by atoms with Crippen molar-refractivity contribution in [2.24, 2.45) is 0 Å². The van der Waals surface area contributed by atoms with E-state index in [-0.39, 0.29) is 16.3 Å². The molecule has 1 N–H and O–H groups in total. The normalized spacial score (nSPS) is 10.2. The van der Waals surface area contributed by atoms with Crippen LogP contribution < -0.4 is 0 Å². The summed E-state index contributed by atoms with van der Waals surface area (Å²) in [6.45, 7) is 0. The van der Waals surface area contributed by atoms with E-state index in [1.165, 1.54) is 30.0 Å². The van der Waals surface area contributed by atoms with Crippen LogP contribution in [-0.4, -0.2) is 21.0 Å². The van der Waals surface area contributed by atoms with Crippen LogP contribution >= 0.6 is 23.4 Å². The van der Waals surface area contributed by atoms with Crippen LogP contribution in [0, 0.1) is 10.1 Å². The Morgan fingerprint density at radius 3 is 2.50 bits per heavy atom. The highest BCUT2D eigenvalue weighted by Crippen LogP contribution is 2.33. The molecular formula is C12H7ClN2O4S. The average Bonchev–Trinajstić information content (AvgIpc) is 2.41. The number of hydrogen-bond acceptors (Lipinski definition) is 5. The molecule has 20 heavy (non-hydrogen) atoms. The topological polar surface area (TPSA) is 93.3 Å². The van der Waals surface area contributed by atoms with Gasteiger partial charge < -0.3 is 5.11 Å². The van der Waals surface area contributed by atoms with Gasteiger partial charge in [-0.3, -0.25) is 10.1 Å². The number of rotatable bonds is 4. The summed E-state index contributed by atoms with van der Waals surface area (Å²) in [4.78, 5) is 25.4. The zero-order valence-corrected chi connectivity index (χ0v) is 11.4. The average molecular weight is 311 g/mol. The third-order valence-electron chi connectivity index (χ3n) is 2.32. The van der Waals surface area contributed by atoms with Crippen molar-refractivity contribution in [2.45, 2.75) is 9.92 Å². The summed E-state index contributed by atoms with van der Waals surface area (Å²) in [6, 6.07) is 7.39. The van der Waals surface area contributed by atoms with Gasteiger partial charge in [0.05, 0.1) is 15.5 Å². The molecule has 0 amide bonds. The van der Waals surface area contributed by atoms with Crippen LogP contribution in [0.2, 0.25) is 5.02 Å². The Bertz CT molecular complexity index is 676. The molecule has 0 aliphatic carbocycles. The molecule has 0 aliphatic heterocycles. The minimum Gasteiger partial charge on any atom is -0.478 e. The number of hydrogen-bond donors (Lipinski definition) is 1. The van der Waals surface area contributed by atoms with Crippen molar-refractivity contribution in [1.29, 1.82) is 0 Å². The van der Waals surface area contributed by atoms with Crippen molar-refractivity contribution in [3.63, 3.8) is 0 Å². The summed E-state index contributed by atoms with van der Waals surface area (Å²) in [5.74, 6) is -1.01. The highest BCUT2D eigenvalue weighted by atomic mass is 35.5. The Morgan fingerprint density at radius 2 is 2.00 bits per heavy atom. The first-order valence-electron chi connectivity index (χ1n) is 5.28. The number of carboxylic acid groups (broad SMARTS) is 1. The summed E-state index contributed by atoms with van der Waals surface area (Å²) < 4.78 is 0. The van der Waals surface area contributed by atoms with Crippen LogP contribution in [-0.2, 0) is 0 Å². The van der Waals surface area contributed by atoms with Crippen LogP contribution in [0.1, 0.15) is 10.4 Å². The molecule has 6 nitrogen and oxygen atoms in total. The molecule has 0 radical (unpaired) electrons. The van der Waals surface area contributed by atoms with E-state index in [1.54, 1.807) is 12.1 Å². The molecule has 0 saturated carbocycles. The first-order valence-corrected chi connectivity index (χ1v) is 6.48. The quantitative estimate of drug-likeness (QED) is 0.686. The second-order valence-electron chi connectivity index (χ2n) is 3.67. The number of carbonyl (C=O) groups is 1. The number of aromatic nitrogens is 1. The van der Waals surface area contributed by atoms with Crippen molar-refractivity contribution in [1.82, 2.24) is 4.98 Å². The van der Waals surface area contributed by atoms with E-state index in [2.05, 4.69) is 4.98 Å². The van der Waals surface area contributed by atoms with Gasteiger partial charge in [-0.25, -0.2) is 9.78 Å². The molecule has 0 spiro atoms. The van der Waals surface area contributed by atoms with Gasteiger partial charge in [-0.1, -0.05) is 23.4 Å². The highest BCUT2D eigenvalue weighted by Gasteiger charge is 2.12. The molecule has 8 heteroatoms. The van der Waals surface area contributed by atoms with Crippen molar-refractivity contribution < 1.29 is 14.8 Å². The first kappa shape index (κ1) is 14.3. The summed E-state index contributed by atoms with van der Waals surface area (Å²) in [7, 11) is 0. The highest BCUT2D eigenvalue weighted by molar-refractivity contribution is 7.99. The van der Waals surface area contributed by atoms with Gasteiger partial charge in [-0.15, -0.1) is 0 Å². The van der Waals surface area contributed by atoms with Crippen molar-refractivity contribution in [3.05, 3.63) is 57.2 Å². The van der Waals surface area contributed by atoms with E-state index >= 15 is 0 Å². The lowest BCUT2D eigenvalue weighted by atomic mass is 10.2. The molecule has 0 aliphatic rings. The fraction of sp³-hybridized carbons (Fsp3) is 0. The summed E-state index contributed by atoms with van der Waals surface area (Å²) in [6.07, 6.45) is 1.12. The molecule has 0 atom stereocenters. The fourth-order valence-electron chi connectivity index (χ4n) is 1.37. The van der Waals surface area contributed by atoms with Gasteiger partial charge in [0.15, 0.2) is 0 Å².